The average Bonchev–Trinajstić information content (AvgIpc) is 3.09. The van der Waals surface area contributed by atoms with Gasteiger partial charge in [-0.2, -0.15) is 0 Å². The zero-order chi connectivity index (χ0) is 29.4. The van der Waals surface area contributed by atoms with Gasteiger partial charge in [0, 0.05) is 40.6 Å². The predicted octanol–water partition coefficient (Wildman–Crippen LogP) is 10.7. The van der Waals surface area contributed by atoms with Gasteiger partial charge in [-0.05, 0) is 82.9 Å². The van der Waals surface area contributed by atoms with Gasteiger partial charge in [-0.15, -0.1) is 0 Å². The second-order valence-electron chi connectivity index (χ2n) is 10.1. The van der Waals surface area contributed by atoms with Gasteiger partial charge in [0.2, 0.25) is 0 Å². The number of aromatic nitrogens is 2. The molecule has 0 N–H and O–H groups in total. The molecule has 2 aromatic heterocycles. The lowest BCUT2D eigenvalue weighted by atomic mass is 10.0. The number of nitrogens with zero attached hydrogens (tertiary/aromatic N) is 3. The van der Waals surface area contributed by atoms with Gasteiger partial charge in [0.25, 0.3) is 0 Å². The number of allylic oxidation sites excluding steroid dienone is 4. The molecule has 206 valence electrons. The van der Waals surface area contributed by atoms with E-state index in [-0.39, 0.29) is 0 Å². The molecule has 4 aromatic carbocycles. The van der Waals surface area contributed by atoms with Crippen molar-refractivity contribution in [3.05, 3.63) is 183 Å². The number of anilines is 3. The van der Waals surface area contributed by atoms with Crippen LogP contribution in [0.25, 0.3) is 39.2 Å². The van der Waals surface area contributed by atoms with Crippen molar-refractivity contribution in [2.45, 2.75) is 0 Å². The fourth-order valence-electron chi connectivity index (χ4n) is 5.21. The van der Waals surface area contributed by atoms with E-state index in [0.29, 0.717) is 0 Å². The van der Waals surface area contributed by atoms with Crippen molar-refractivity contribution in [1.82, 2.24) is 9.97 Å². The molecule has 6 rings (SSSR count). The van der Waals surface area contributed by atoms with Gasteiger partial charge in [-0.3, -0.25) is 9.97 Å². The van der Waals surface area contributed by atoms with Gasteiger partial charge in [0.1, 0.15) is 0 Å². The third-order valence-corrected chi connectivity index (χ3v) is 7.29. The van der Waals surface area contributed by atoms with E-state index < -0.39 is 0 Å². The molecule has 0 unspecified atom stereocenters. The van der Waals surface area contributed by atoms with Crippen molar-refractivity contribution in [3.63, 3.8) is 0 Å². The normalized spacial score (nSPS) is 11.1. The summed E-state index contributed by atoms with van der Waals surface area (Å²) in [7, 11) is 0. The van der Waals surface area contributed by atoms with Crippen molar-refractivity contribution in [2.24, 2.45) is 0 Å². The fraction of sp³-hybridized carbons (Fsp3) is 0. The van der Waals surface area contributed by atoms with Crippen molar-refractivity contribution in [3.8, 4) is 33.6 Å². The minimum absolute atomic E-state index is 0.889. The molecule has 0 aliphatic carbocycles. The molecule has 0 radical (unpaired) electrons. The minimum Gasteiger partial charge on any atom is -0.310 e. The molecule has 6 aromatic rings. The Kier molecular flexibility index (Phi) is 8.15. The van der Waals surface area contributed by atoms with Gasteiger partial charge in [-0.25, -0.2) is 0 Å². The van der Waals surface area contributed by atoms with Gasteiger partial charge >= 0.3 is 0 Å². The summed E-state index contributed by atoms with van der Waals surface area (Å²) >= 11 is 0. The largest absolute Gasteiger partial charge is 0.310 e. The van der Waals surface area contributed by atoms with E-state index >= 15 is 0 Å². The van der Waals surface area contributed by atoms with Crippen LogP contribution in [0, 0.1) is 0 Å². The first-order valence-electron chi connectivity index (χ1n) is 14.2. The van der Waals surface area contributed by atoms with Crippen molar-refractivity contribution >= 4 is 22.6 Å². The number of pyridine rings is 2. The van der Waals surface area contributed by atoms with E-state index in [9.17, 15) is 0 Å². The summed E-state index contributed by atoms with van der Waals surface area (Å²) in [5, 5.41) is 0. The van der Waals surface area contributed by atoms with E-state index in [1.54, 1.807) is 6.08 Å². The van der Waals surface area contributed by atoms with E-state index in [2.05, 4.69) is 133 Å². The van der Waals surface area contributed by atoms with Crippen molar-refractivity contribution in [2.75, 3.05) is 4.90 Å². The summed E-state index contributed by atoms with van der Waals surface area (Å²) in [6.45, 7) is 7.80. The van der Waals surface area contributed by atoms with Crippen LogP contribution in [0.5, 0.6) is 0 Å². The quantitative estimate of drug-likeness (QED) is 0.167. The van der Waals surface area contributed by atoms with Crippen LogP contribution in [0.1, 0.15) is 5.56 Å². The number of hydrogen-bond donors (Lipinski definition) is 0. The Bertz CT molecular complexity index is 1910. The van der Waals surface area contributed by atoms with Gasteiger partial charge < -0.3 is 4.90 Å². The molecule has 0 bridgehead atoms. The Hall–Kier alpha value is -5.80. The highest BCUT2D eigenvalue weighted by molar-refractivity contribution is 5.83. The van der Waals surface area contributed by atoms with Crippen LogP contribution in [0.3, 0.4) is 0 Å². The first-order chi connectivity index (χ1) is 21.2. The van der Waals surface area contributed by atoms with Crippen LogP contribution >= 0.6 is 0 Å². The molecule has 0 aliphatic heterocycles. The fourth-order valence-corrected chi connectivity index (χ4v) is 5.21. The van der Waals surface area contributed by atoms with Gasteiger partial charge in [0.05, 0.1) is 11.4 Å². The third-order valence-electron chi connectivity index (χ3n) is 7.29. The number of hydrogen-bond acceptors (Lipinski definition) is 3. The van der Waals surface area contributed by atoms with Crippen LogP contribution in [-0.4, -0.2) is 9.97 Å². The lowest BCUT2D eigenvalue weighted by Gasteiger charge is -2.26. The smallest absolute Gasteiger partial charge is 0.0708 e. The summed E-state index contributed by atoms with van der Waals surface area (Å²) in [5.74, 6) is 0. The zero-order valence-electron chi connectivity index (χ0n) is 23.8. The monoisotopic (exact) mass is 553 g/mol. The van der Waals surface area contributed by atoms with Crippen molar-refractivity contribution in [1.29, 1.82) is 0 Å². The predicted molar refractivity (Wildman–Crippen MR) is 181 cm³/mol. The van der Waals surface area contributed by atoms with Crippen LogP contribution in [0.2, 0.25) is 0 Å². The molecule has 2 heterocycles. The molecule has 3 nitrogen and oxygen atoms in total. The Morgan fingerprint density at radius 3 is 1.70 bits per heavy atom. The summed E-state index contributed by atoms with van der Waals surface area (Å²) in [4.78, 5) is 11.7. The highest BCUT2D eigenvalue weighted by Crippen LogP contribution is 2.38. The second kappa shape index (κ2) is 12.8. The highest BCUT2D eigenvalue weighted by atomic mass is 15.1. The van der Waals surface area contributed by atoms with Crippen molar-refractivity contribution < 1.29 is 0 Å². The van der Waals surface area contributed by atoms with Crippen LogP contribution in [-0.2, 0) is 0 Å². The first kappa shape index (κ1) is 27.4. The van der Waals surface area contributed by atoms with Gasteiger partial charge in [-0.1, -0.05) is 104 Å². The molecule has 0 spiro atoms. The molecular formula is C40H31N3. The maximum absolute atomic E-state index is 4.73. The Labute approximate surface area is 253 Å². The highest BCUT2D eigenvalue weighted by Gasteiger charge is 2.15. The molecule has 43 heavy (non-hydrogen) atoms. The average molecular weight is 554 g/mol. The number of rotatable bonds is 9. The Morgan fingerprint density at radius 2 is 1.07 bits per heavy atom. The maximum atomic E-state index is 4.73. The lowest BCUT2D eigenvalue weighted by Crippen LogP contribution is -2.10. The molecule has 0 saturated heterocycles. The minimum atomic E-state index is 0.889. The molecule has 0 saturated carbocycles. The Morgan fingerprint density at radius 1 is 0.512 bits per heavy atom. The van der Waals surface area contributed by atoms with E-state index in [4.69, 9.17) is 9.97 Å². The van der Waals surface area contributed by atoms with Crippen LogP contribution < -0.4 is 4.90 Å². The Balaban J connectivity index is 1.42. The molecule has 3 heteroatoms. The lowest BCUT2D eigenvalue weighted by molar-refractivity contribution is 1.27. The summed E-state index contributed by atoms with van der Waals surface area (Å²) < 4.78 is 0. The SMILES string of the molecule is C=C/C=C(\C=C)c1ccnc(-c2cccc(N(c3ccccc3)c3cccc(-c4cc(-c5ccccc5)ccn4)c3)c2)c1. The van der Waals surface area contributed by atoms with E-state index in [1.165, 1.54) is 5.56 Å². The molecule has 0 amide bonds. The number of para-hydroxylation sites is 1. The zero-order valence-corrected chi connectivity index (χ0v) is 23.8. The number of benzene rings is 4. The molecule has 0 fully saturated rings. The second-order valence-corrected chi connectivity index (χ2v) is 10.1. The first-order valence-corrected chi connectivity index (χ1v) is 14.2. The van der Waals surface area contributed by atoms with E-state index in [1.807, 2.05) is 42.7 Å². The van der Waals surface area contributed by atoms with Gasteiger partial charge in [0.15, 0.2) is 0 Å². The summed E-state index contributed by atoms with van der Waals surface area (Å²) in [6, 6.07) is 46.2. The molecule has 0 aliphatic rings. The molecular weight excluding hydrogens is 522 g/mol. The van der Waals surface area contributed by atoms with Crippen LogP contribution in [0.15, 0.2) is 177 Å². The third kappa shape index (κ3) is 6.12. The van der Waals surface area contributed by atoms with Crippen LogP contribution in [0.4, 0.5) is 17.1 Å². The summed E-state index contributed by atoms with van der Waals surface area (Å²) in [6.07, 6.45) is 9.29. The maximum Gasteiger partial charge on any atom is 0.0708 e. The summed E-state index contributed by atoms with van der Waals surface area (Å²) in [5.41, 5.74) is 11.4. The topological polar surface area (TPSA) is 29.0 Å². The van der Waals surface area contributed by atoms with E-state index in [0.717, 1.165) is 56.3 Å². The standard InChI is InChI=1S/C40H31N3/c1-3-13-30(4-2)32-22-24-41-39(28-32)34-16-11-20-37(26-34)43(36-18-9-6-10-19-36)38-21-12-17-35(27-38)40-29-33(23-25-42-40)31-14-7-5-8-15-31/h3-29H,1-2H2/b30-13+. The molecule has 0 atom stereocenters.